The highest BCUT2D eigenvalue weighted by atomic mass is 35.5. The van der Waals surface area contributed by atoms with Crippen LogP contribution >= 0.6 is 23.3 Å². The molecule has 3 aromatic carbocycles. The zero-order chi connectivity index (χ0) is 27.4. The molecule has 0 atom stereocenters. The van der Waals surface area contributed by atoms with Gasteiger partial charge in [-0.1, -0.05) is 41.4 Å². The van der Waals surface area contributed by atoms with Crippen LogP contribution in [0.15, 0.2) is 66.7 Å². The SMILES string of the molecule is Cc1ccc(C(=O)c2nn(-c3ccc(Cl)cc3)c(NCCCNC(=O)c3ccc4nsnc4c3)c2C#N)cc1. The highest BCUT2D eigenvalue weighted by Crippen LogP contribution is 2.26. The van der Waals surface area contributed by atoms with Crippen LogP contribution in [0, 0.1) is 18.3 Å². The summed E-state index contributed by atoms with van der Waals surface area (Å²) >= 11 is 7.17. The molecule has 0 aliphatic heterocycles. The maximum Gasteiger partial charge on any atom is 0.251 e. The number of carbonyl (C=O) groups is 2. The van der Waals surface area contributed by atoms with Crippen LogP contribution in [0.1, 0.15) is 44.0 Å². The Morgan fingerprint density at radius 3 is 2.44 bits per heavy atom. The summed E-state index contributed by atoms with van der Waals surface area (Å²) in [6, 6.07) is 21.4. The smallest absolute Gasteiger partial charge is 0.251 e. The molecule has 1 amide bonds. The van der Waals surface area contributed by atoms with Gasteiger partial charge in [0.25, 0.3) is 5.91 Å². The van der Waals surface area contributed by atoms with E-state index in [4.69, 9.17) is 11.6 Å². The van der Waals surface area contributed by atoms with Crippen LogP contribution in [0.25, 0.3) is 16.7 Å². The number of anilines is 1. The maximum atomic E-state index is 13.3. The number of aryl methyl sites for hydroxylation is 1. The molecule has 0 radical (unpaired) electrons. The molecule has 194 valence electrons. The number of nitrogens with one attached hydrogen (secondary N) is 2. The first-order valence-corrected chi connectivity index (χ1v) is 13.2. The average molecular weight is 556 g/mol. The van der Waals surface area contributed by atoms with Gasteiger partial charge in [-0.15, -0.1) is 0 Å². The lowest BCUT2D eigenvalue weighted by atomic mass is 10.0. The number of aromatic nitrogens is 4. The summed E-state index contributed by atoms with van der Waals surface area (Å²) in [6.45, 7) is 2.75. The molecule has 11 heteroatoms. The number of ketones is 1. The van der Waals surface area contributed by atoms with Crippen LogP contribution in [0.3, 0.4) is 0 Å². The lowest BCUT2D eigenvalue weighted by Gasteiger charge is -2.11. The van der Waals surface area contributed by atoms with E-state index < -0.39 is 0 Å². The Labute approximate surface area is 233 Å². The quantitative estimate of drug-likeness (QED) is 0.190. The molecule has 0 bridgehead atoms. The van der Waals surface area contributed by atoms with E-state index in [1.165, 1.54) is 4.68 Å². The molecule has 0 saturated heterocycles. The molecule has 0 unspecified atom stereocenters. The number of halogens is 1. The van der Waals surface area contributed by atoms with Crippen molar-refractivity contribution in [2.45, 2.75) is 13.3 Å². The molecule has 0 aliphatic rings. The monoisotopic (exact) mass is 555 g/mol. The van der Waals surface area contributed by atoms with Gasteiger partial charge in [0.05, 0.1) is 17.4 Å². The van der Waals surface area contributed by atoms with E-state index in [0.29, 0.717) is 52.7 Å². The van der Waals surface area contributed by atoms with Gasteiger partial charge in [0, 0.05) is 29.2 Å². The predicted molar refractivity (Wildman–Crippen MR) is 151 cm³/mol. The second-order valence-electron chi connectivity index (χ2n) is 8.77. The number of fused-ring (bicyclic) bond motifs is 1. The Morgan fingerprint density at radius 2 is 1.69 bits per heavy atom. The van der Waals surface area contributed by atoms with Crippen molar-refractivity contribution in [3.63, 3.8) is 0 Å². The van der Waals surface area contributed by atoms with E-state index >= 15 is 0 Å². The summed E-state index contributed by atoms with van der Waals surface area (Å²) in [4.78, 5) is 25.9. The molecule has 9 nitrogen and oxygen atoms in total. The second kappa shape index (κ2) is 11.4. The predicted octanol–water partition coefficient (Wildman–Crippen LogP) is 5.17. The van der Waals surface area contributed by atoms with E-state index in [9.17, 15) is 14.9 Å². The summed E-state index contributed by atoms with van der Waals surface area (Å²) in [6.07, 6.45) is 0.560. The van der Waals surface area contributed by atoms with Crippen LogP contribution in [-0.2, 0) is 0 Å². The zero-order valence-corrected chi connectivity index (χ0v) is 22.4. The van der Waals surface area contributed by atoms with Gasteiger partial charge in [0.15, 0.2) is 5.69 Å². The van der Waals surface area contributed by atoms with Crippen molar-refractivity contribution in [2.75, 3.05) is 18.4 Å². The third-order valence-electron chi connectivity index (χ3n) is 6.04. The van der Waals surface area contributed by atoms with Gasteiger partial charge < -0.3 is 10.6 Å². The molecule has 2 heterocycles. The normalized spacial score (nSPS) is 10.8. The number of nitrogens with zero attached hydrogens (tertiary/aromatic N) is 5. The molecule has 5 aromatic rings. The van der Waals surface area contributed by atoms with Gasteiger partial charge >= 0.3 is 0 Å². The lowest BCUT2D eigenvalue weighted by molar-refractivity contribution is 0.0953. The van der Waals surface area contributed by atoms with Crippen molar-refractivity contribution in [1.82, 2.24) is 23.8 Å². The van der Waals surface area contributed by atoms with Gasteiger partial charge in [-0.05, 0) is 55.8 Å². The van der Waals surface area contributed by atoms with Gasteiger partial charge in [-0.25, -0.2) is 4.68 Å². The van der Waals surface area contributed by atoms with Crippen molar-refractivity contribution < 1.29 is 9.59 Å². The molecule has 2 N–H and O–H groups in total. The Hall–Kier alpha value is -4.59. The molecular formula is C28H22ClN7O2S. The number of benzene rings is 3. The summed E-state index contributed by atoms with van der Waals surface area (Å²) < 4.78 is 9.85. The number of hydrogen-bond donors (Lipinski definition) is 2. The average Bonchev–Trinajstić information content (AvgIpc) is 3.57. The number of amides is 1. The Kier molecular flexibility index (Phi) is 7.63. The number of rotatable bonds is 9. The number of carbonyl (C=O) groups excluding carboxylic acids is 2. The summed E-state index contributed by atoms with van der Waals surface area (Å²) in [7, 11) is 0. The highest BCUT2D eigenvalue weighted by molar-refractivity contribution is 7.00. The van der Waals surface area contributed by atoms with E-state index in [1.54, 1.807) is 54.6 Å². The first-order chi connectivity index (χ1) is 18.9. The number of hydrogen-bond acceptors (Lipinski definition) is 8. The van der Waals surface area contributed by atoms with Gasteiger partial charge in [0.2, 0.25) is 5.78 Å². The Balaban J connectivity index is 1.32. The lowest BCUT2D eigenvalue weighted by Crippen LogP contribution is -2.26. The summed E-state index contributed by atoms with van der Waals surface area (Å²) in [5.41, 5.74) is 4.25. The first-order valence-electron chi connectivity index (χ1n) is 12.1. The van der Waals surface area contributed by atoms with Gasteiger partial charge in [-0.3, -0.25) is 9.59 Å². The Bertz CT molecular complexity index is 1700. The van der Waals surface area contributed by atoms with Crippen molar-refractivity contribution in [3.8, 4) is 11.8 Å². The molecule has 0 aliphatic carbocycles. The van der Waals surface area contributed by atoms with E-state index in [2.05, 4.69) is 30.5 Å². The fourth-order valence-corrected chi connectivity index (χ4v) is 4.62. The van der Waals surface area contributed by atoms with Crippen LogP contribution in [0.4, 0.5) is 5.82 Å². The van der Waals surface area contributed by atoms with Gasteiger partial charge in [0.1, 0.15) is 28.5 Å². The second-order valence-corrected chi connectivity index (χ2v) is 9.74. The first kappa shape index (κ1) is 26.0. The molecule has 2 aromatic heterocycles. The van der Waals surface area contributed by atoms with E-state index in [1.807, 2.05) is 19.1 Å². The molecular weight excluding hydrogens is 534 g/mol. The summed E-state index contributed by atoms with van der Waals surface area (Å²) in [5, 5.41) is 21.2. The van der Waals surface area contributed by atoms with Crippen LogP contribution < -0.4 is 10.6 Å². The zero-order valence-electron chi connectivity index (χ0n) is 20.8. The largest absolute Gasteiger partial charge is 0.369 e. The van der Waals surface area contributed by atoms with E-state index in [0.717, 1.165) is 22.8 Å². The fraction of sp³-hybridized carbons (Fsp3) is 0.143. The third kappa shape index (κ3) is 5.65. The molecule has 0 spiro atoms. The minimum Gasteiger partial charge on any atom is -0.369 e. The van der Waals surface area contributed by atoms with Crippen molar-refractivity contribution in [2.24, 2.45) is 0 Å². The van der Waals surface area contributed by atoms with Crippen LogP contribution in [0.2, 0.25) is 5.02 Å². The maximum absolute atomic E-state index is 13.3. The topological polar surface area (TPSA) is 126 Å². The van der Waals surface area contributed by atoms with Crippen molar-refractivity contribution in [3.05, 3.63) is 99.7 Å². The third-order valence-corrected chi connectivity index (χ3v) is 6.85. The summed E-state index contributed by atoms with van der Waals surface area (Å²) in [5.74, 6) is -0.162. The fourth-order valence-electron chi connectivity index (χ4n) is 3.98. The molecule has 0 saturated carbocycles. The van der Waals surface area contributed by atoms with Crippen LogP contribution in [0.5, 0.6) is 0 Å². The number of nitriles is 1. The van der Waals surface area contributed by atoms with Crippen molar-refractivity contribution in [1.29, 1.82) is 5.26 Å². The minimum atomic E-state index is -0.346. The molecule has 0 fully saturated rings. The van der Waals surface area contributed by atoms with E-state index in [-0.39, 0.29) is 22.9 Å². The molecule has 5 rings (SSSR count). The van der Waals surface area contributed by atoms with Crippen LogP contribution in [-0.4, -0.2) is 43.3 Å². The molecule has 39 heavy (non-hydrogen) atoms. The van der Waals surface area contributed by atoms with Crippen molar-refractivity contribution >= 4 is 51.9 Å². The highest BCUT2D eigenvalue weighted by Gasteiger charge is 2.25. The minimum absolute atomic E-state index is 0.0547. The van der Waals surface area contributed by atoms with Gasteiger partial charge in [-0.2, -0.15) is 19.1 Å². The Morgan fingerprint density at radius 1 is 0.974 bits per heavy atom. The standard InChI is InChI=1S/C28H22ClN7O2S/c1-17-3-5-18(6-4-17)26(37)25-22(16-30)27(36(33-25)21-10-8-20(29)9-11-21)31-13-2-14-32-28(38)19-7-12-23-24(15-19)35-39-34-23/h3-12,15,31H,2,13-14H2,1H3,(H,32,38).